The second kappa shape index (κ2) is 9.18. The van der Waals surface area contributed by atoms with Crippen LogP contribution in [0.4, 0.5) is 4.79 Å². The first-order chi connectivity index (χ1) is 14.0. The minimum absolute atomic E-state index is 0.105. The van der Waals surface area contributed by atoms with Crippen LogP contribution in [0.5, 0.6) is 5.75 Å². The number of methoxy groups -OCH3 is 1. The molecule has 0 spiro atoms. The molecule has 1 unspecified atom stereocenters. The minimum atomic E-state index is -0.723. The van der Waals surface area contributed by atoms with E-state index >= 15 is 0 Å². The van der Waals surface area contributed by atoms with E-state index in [0.29, 0.717) is 17.7 Å². The number of nitro groups is 1. The van der Waals surface area contributed by atoms with Gasteiger partial charge >= 0.3 is 6.09 Å². The Balaban J connectivity index is 1.80. The highest BCUT2D eigenvalue weighted by atomic mass is 16.6. The highest BCUT2D eigenvalue weighted by Crippen LogP contribution is 2.31. The van der Waals surface area contributed by atoms with Gasteiger partial charge in [0.05, 0.1) is 19.1 Å². The molecular weight excluding hydrogens is 376 g/mol. The molecule has 0 bridgehead atoms. The van der Waals surface area contributed by atoms with E-state index in [2.05, 4.69) is 0 Å². The van der Waals surface area contributed by atoms with Gasteiger partial charge in [-0.2, -0.15) is 0 Å². The molecular formula is C21H22N2O6. The average Bonchev–Trinajstić information content (AvgIpc) is 3.08. The predicted molar refractivity (Wildman–Crippen MR) is 104 cm³/mol. The van der Waals surface area contributed by atoms with Crippen molar-refractivity contribution >= 4 is 12.0 Å². The molecule has 29 heavy (non-hydrogen) atoms. The number of para-hydroxylation sites is 1. The van der Waals surface area contributed by atoms with E-state index in [1.165, 1.54) is 7.11 Å². The van der Waals surface area contributed by atoms with Crippen molar-refractivity contribution in [3.63, 3.8) is 0 Å². The van der Waals surface area contributed by atoms with Gasteiger partial charge in [-0.3, -0.25) is 14.9 Å². The van der Waals surface area contributed by atoms with Crippen LogP contribution in [-0.2, 0) is 16.0 Å². The Hall–Kier alpha value is -3.42. The lowest BCUT2D eigenvalue weighted by atomic mass is 9.93. The lowest BCUT2D eigenvalue weighted by molar-refractivity contribution is -0.483. The molecule has 3 rings (SSSR count). The summed E-state index contributed by atoms with van der Waals surface area (Å²) in [5, 5.41) is 11.2. The maximum atomic E-state index is 13.0. The Kier molecular flexibility index (Phi) is 6.43. The molecule has 1 saturated heterocycles. The van der Waals surface area contributed by atoms with Gasteiger partial charge in [0.2, 0.25) is 12.5 Å². The monoisotopic (exact) mass is 398 g/mol. The molecule has 0 aromatic heterocycles. The molecule has 2 aromatic carbocycles. The number of carbonyl (C=O) groups excluding carboxylic acids is 2. The summed E-state index contributed by atoms with van der Waals surface area (Å²) in [6.45, 7) is -0.341. The lowest BCUT2D eigenvalue weighted by Crippen LogP contribution is -2.41. The van der Waals surface area contributed by atoms with Crippen LogP contribution in [0.1, 0.15) is 23.5 Å². The van der Waals surface area contributed by atoms with Crippen molar-refractivity contribution in [2.45, 2.75) is 24.8 Å². The van der Waals surface area contributed by atoms with E-state index in [1.54, 1.807) is 24.3 Å². The van der Waals surface area contributed by atoms with Crippen molar-refractivity contribution < 1.29 is 24.0 Å². The maximum Gasteiger partial charge on any atom is 0.416 e. The normalized spacial score (nSPS) is 16.9. The number of nitrogens with zero attached hydrogens (tertiary/aromatic N) is 2. The molecule has 8 heteroatoms. The summed E-state index contributed by atoms with van der Waals surface area (Å²) in [5.74, 6) is -0.748. The lowest BCUT2D eigenvalue weighted by Gasteiger charge is -2.22. The number of cyclic esters (lactones) is 1. The van der Waals surface area contributed by atoms with Gasteiger partial charge in [0.1, 0.15) is 12.4 Å². The molecule has 0 saturated carbocycles. The van der Waals surface area contributed by atoms with Crippen molar-refractivity contribution in [3.8, 4) is 5.75 Å². The SMILES string of the molecule is COc1ccccc1C(CC(=O)N1C(=O)OC[C@@H]1Cc1ccccc1)C[N+](=O)[O-]. The van der Waals surface area contributed by atoms with Crippen LogP contribution in [0.3, 0.4) is 0 Å². The first kappa shape index (κ1) is 20.3. The maximum absolute atomic E-state index is 13.0. The number of benzene rings is 2. The topological polar surface area (TPSA) is 99.0 Å². The molecule has 2 atom stereocenters. The second-order valence-corrected chi connectivity index (χ2v) is 6.84. The van der Waals surface area contributed by atoms with E-state index in [-0.39, 0.29) is 13.0 Å². The van der Waals surface area contributed by atoms with Crippen LogP contribution in [-0.4, -0.2) is 48.1 Å². The van der Waals surface area contributed by atoms with Crippen LogP contribution in [0.2, 0.25) is 0 Å². The summed E-state index contributed by atoms with van der Waals surface area (Å²) >= 11 is 0. The molecule has 1 heterocycles. The van der Waals surface area contributed by atoms with Crippen molar-refractivity contribution in [2.24, 2.45) is 0 Å². The number of amides is 2. The third kappa shape index (κ3) is 4.90. The molecule has 0 aliphatic carbocycles. The first-order valence-electron chi connectivity index (χ1n) is 9.27. The Bertz CT molecular complexity index is 886. The van der Waals surface area contributed by atoms with E-state index in [1.807, 2.05) is 30.3 Å². The van der Waals surface area contributed by atoms with Gasteiger partial charge in [0.15, 0.2) is 0 Å². The Morgan fingerprint density at radius 2 is 1.93 bits per heavy atom. The number of rotatable bonds is 8. The van der Waals surface area contributed by atoms with Gasteiger partial charge in [-0.15, -0.1) is 0 Å². The Morgan fingerprint density at radius 1 is 1.24 bits per heavy atom. The first-order valence-corrected chi connectivity index (χ1v) is 9.27. The largest absolute Gasteiger partial charge is 0.496 e. The predicted octanol–water partition coefficient (Wildman–Crippen LogP) is 3.04. The van der Waals surface area contributed by atoms with Gasteiger partial charge < -0.3 is 9.47 Å². The van der Waals surface area contributed by atoms with Crippen LogP contribution >= 0.6 is 0 Å². The van der Waals surface area contributed by atoms with Gasteiger partial charge in [-0.05, 0) is 18.1 Å². The van der Waals surface area contributed by atoms with Crippen molar-refractivity contribution in [2.75, 3.05) is 20.3 Å². The highest BCUT2D eigenvalue weighted by molar-refractivity contribution is 5.94. The van der Waals surface area contributed by atoms with Gasteiger partial charge in [-0.1, -0.05) is 48.5 Å². The third-order valence-electron chi connectivity index (χ3n) is 4.91. The fraction of sp³-hybridized carbons (Fsp3) is 0.333. The summed E-state index contributed by atoms with van der Waals surface area (Å²) in [7, 11) is 1.47. The molecule has 1 aliphatic rings. The van der Waals surface area contributed by atoms with Crippen LogP contribution < -0.4 is 4.74 Å². The highest BCUT2D eigenvalue weighted by Gasteiger charge is 2.39. The smallest absolute Gasteiger partial charge is 0.416 e. The Morgan fingerprint density at radius 3 is 2.62 bits per heavy atom. The molecule has 2 amide bonds. The summed E-state index contributed by atoms with van der Waals surface area (Å²) in [6.07, 6.45) is -0.440. The minimum Gasteiger partial charge on any atom is -0.496 e. The van der Waals surface area contributed by atoms with Gasteiger partial charge in [-0.25, -0.2) is 9.69 Å². The van der Waals surface area contributed by atoms with Crippen LogP contribution in [0.25, 0.3) is 0 Å². The standard InChI is InChI=1S/C21H22N2O6/c1-28-19-10-6-5-9-18(19)16(13-22(26)27)12-20(24)23-17(14-29-21(23)25)11-15-7-3-2-4-8-15/h2-10,16-17H,11-14H2,1H3/t16?,17-/m0/s1. The van der Waals surface area contributed by atoms with Crippen LogP contribution in [0, 0.1) is 10.1 Å². The summed E-state index contributed by atoms with van der Waals surface area (Å²) in [4.78, 5) is 37.0. The third-order valence-corrected chi connectivity index (χ3v) is 4.91. The van der Waals surface area contributed by atoms with Crippen molar-refractivity contribution in [1.29, 1.82) is 0 Å². The van der Waals surface area contributed by atoms with Gasteiger partial charge in [0.25, 0.3) is 0 Å². The molecule has 0 radical (unpaired) electrons. The molecule has 2 aromatic rings. The van der Waals surface area contributed by atoms with Crippen molar-refractivity contribution in [1.82, 2.24) is 4.90 Å². The summed E-state index contributed by atoms with van der Waals surface area (Å²) < 4.78 is 10.4. The second-order valence-electron chi connectivity index (χ2n) is 6.84. The van der Waals surface area contributed by atoms with E-state index in [4.69, 9.17) is 9.47 Å². The summed E-state index contributed by atoms with van der Waals surface area (Å²) in [5.41, 5.74) is 1.53. The van der Waals surface area contributed by atoms with Crippen molar-refractivity contribution in [3.05, 3.63) is 75.8 Å². The fourth-order valence-electron chi connectivity index (χ4n) is 3.57. The molecule has 1 aliphatic heterocycles. The zero-order valence-electron chi connectivity index (χ0n) is 16.0. The number of hydrogen-bond donors (Lipinski definition) is 0. The Labute approximate surface area is 168 Å². The quantitative estimate of drug-likeness (QED) is 0.501. The zero-order valence-corrected chi connectivity index (χ0v) is 16.0. The molecule has 152 valence electrons. The number of ether oxygens (including phenoxy) is 2. The van der Waals surface area contributed by atoms with E-state index in [9.17, 15) is 19.7 Å². The molecule has 8 nitrogen and oxygen atoms in total. The zero-order chi connectivity index (χ0) is 20.8. The van der Waals surface area contributed by atoms with E-state index in [0.717, 1.165) is 10.5 Å². The fourth-order valence-corrected chi connectivity index (χ4v) is 3.57. The van der Waals surface area contributed by atoms with Crippen LogP contribution in [0.15, 0.2) is 54.6 Å². The molecule has 1 fully saturated rings. The van der Waals surface area contributed by atoms with Gasteiger partial charge in [0, 0.05) is 16.9 Å². The summed E-state index contributed by atoms with van der Waals surface area (Å²) in [6, 6.07) is 15.9. The number of hydrogen-bond acceptors (Lipinski definition) is 6. The van der Waals surface area contributed by atoms with E-state index < -0.39 is 35.4 Å². The molecule has 0 N–H and O–H groups in total. The number of carbonyl (C=O) groups is 2. The average molecular weight is 398 g/mol. The number of imide groups is 1.